The second kappa shape index (κ2) is 16.8. The number of esters is 1. The standard InChI is InChI=1S/C23H19ClN2O2.C22H17ClN2O2/c1-28-23(27)21-13-20(24)6-5-18(21)11-16-4-7-22-19(12-16)8-10-26(22)15-17-3-2-9-25-14-17;23-19-5-4-17(20(12-19)22(26)27)10-15-3-6-21-18(11-15)7-9-25(21)14-16-2-1-8-24-13-16/h2-10,12-14H,11,15H2,1H3;1-9,11-13H,10,14H2,(H,26,27). The predicted molar refractivity (Wildman–Crippen MR) is 217 cm³/mol. The Morgan fingerprint density at radius 2 is 1.11 bits per heavy atom. The lowest BCUT2D eigenvalue weighted by molar-refractivity contribution is 0.0598. The second-order valence-electron chi connectivity index (χ2n) is 13.1. The van der Waals surface area contributed by atoms with E-state index >= 15 is 0 Å². The summed E-state index contributed by atoms with van der Waals surface area (Å²) in [7, 11) is 1.38. The van der Waals surface area contributed by atoms with Crippen molar-refractivity contribution in [2.75, 3.05) is 7.11 Å². The number of benzene rings is 4. The molecule has 0 bridgehead atoms. The molecule has 274 valence electrons. The van der Waals surface area contributed by atoms with Crippen LogP contribution >= 0.6 is 23.2 Å². The lowest BCUT2D eigenvalue weighted by Gasteiger charge is -2.10. The van der Waals surface area contributed by atoms with Crippen LogP contribution in [0.15, 0.2) is 146 Å². The molecule has 0 saturated heterocycles. The highest BCUT2D eigenvalue weighted by Crippen LogP contribution is 2.26. The van der Waals surface area contributed by atoms with Crippen molar-refractivity contribution in [1.82, 2.24) is 19.1 Å². The van der Waals surface area contributed by atoms with Gasteiger partial charge >= 0.3 is 11.9 Å². The minimum absolute atomic E-state index is 0.247. The van der Waals surface area contributed by atoms with Crippen LogP contribution in [0.1, 0.15) is 54.1 Å². The van der Waals surface area contributed by atoms with Gasteiger partial charge < -0.3 is 19.0 Å². The normalized spacial score (nSPS) is 11.0. The summed E-state index contributed by atoms with van der Waals surface area (Å²) in [6.45, 7) is 1.54. The number of carbonyl (C=O) groups is 2. The zero-order chi connectivity index (χ0) is 38.3. The summed E-state index contributed by atoms with van der Waals surface area (Å²) >= 11 is 12.0. The number of pyridine rings is 2. The molecule has 1 N–H and O–H groups in total. The first-order chi connectivity index (χ1) is 26.7. The van der Waals surface area contributed by atoms with E-state index in [-0.39, 0.29) is 11.5 Å². The van der Waals surface area contributed by atoms with E-state index in [2.05, 4.69) is 86.1 Å². The van der Waals surface area contributed by atoms with Gasteiger partial charge in [0.25, 0.3) is 0 Å². The lowest BCUT2D eigenvalue weighted by Crippen LogP contribution is -2.06. The highest BCUT2D eigenvalue weighted by atomic mass is 35.5. The number of carboxylic acid groups (broad SMARTS) is 1. The highest BCUT2D eigenvalue weighted by Gasteiger charge is 2.15. The third kappa shape index (κ3) is 8.95. The third-order valence-electron chi connectivity index (χ3n) is 9.39. The van der Waals surface area contributed by atoms with Gasteiger partial charge in [0.05, 0.1) is 18.2 Å². The minimum Gasteiger partial charge on any atom is -0.478 e. The molecule has 55 heavy (non-hydrogen) atoms. The van der Waals surface area contributed by atoms with Crippen LogP contribution in [0.3, 0.4) is 0 Å². The van der Waals surface area contributed by atoms with Crippen molar-refractivity contribution in [2.24, 2.45) is 0 Å². The van der Waals surface area contributed by atoms with Gasteiger partial charge in [-0.2, -0.15) is 0 Å². The first-order valence-corrected chi connectivity index (χ1v) is 18.3. The number of carbonyl (C=O) groups excluding carboxylic acids is 1. The number of nitrogens with zero attached hydrogens (tertiary/aromatic N) is 4. The first kappa shape index (κ1) is 37.1. The maximum absolute atomic E-state index is 12.1. The van der Waals surface area contributed by atoms with Crippen molar-refractivity contribution in [3.05, 3.63) is 201 Å². The Hall–Kier alpha value is -6.22. The molecule has 4 aromatic carbocycles. The summed E-state index contributed by atoms with van der Waals surface area (Å²) < 4.78 is 9.28. The van der Waals surface area contributed by atoms with Crippen molar-refractivity contribution in [3.8, 4) is 0 Å². The summed E-state index contributed by atoms with van der Waals surface area (Å²) in [6.07, 6.45) is 12.6. The molecule has 0 aliphatic heterocycles. The first-order valence-electron chi connectivity index (χ1n) is 17.6. The molecular formula is C45H36Cl2N4O4. The zero-order valence-corrected chi connectivity index (χ0v) is 31.4. The van der Waals surface area contributed by atoms with E-state index in [4.69, 9.17) is 27.9 Å². The van der Waals surface area contributed by atoms with Gasteiger partial charge in [-0.3, -0.25) is 9.97 Å². The van der Waals surface area contributed by atoms with E-state index in [0.717, 1.165) is 68.3 Å². The van der Waals surface area contributed by atoms with Crippen LogP contribution in [0.25, 0.3) is 21.8 Å². The number of rotatable bonds is 10. The molecule has 0 aliphatic rings. The van der Waals surface area contributed by atoms with Gasteiger partial charge in [0.15, 0.2) is 0 Å². The highest BCUT2D eigenvalue weighted by molar-refractivity contribution is 6.31. The van der Waals surface area contributed by atoms with Crippen LogP contribution < -0.4 is 0 Å². The number of halogens is 2. The summed E-state index contributed by atoms with van der Waals surface area (Å²) in [5.74, 6) is -1.34. The van der Waals surface area contributed by atoms with Gasteiger partial charge in [-0.1, -0.05) is 59.6 Å². The summed E-state index contributed by atoms with van der Waals surface area (Å²) in [5.41, 5.74) is 9.19. The second-order valence-corrected chi connectivity index (χ2v) is 14.0. The van der Waals surface area contributed by atoms with E-state index < -0.39 is 5.97 Å². The Bertz CT molecular complexity index is 2620. The molecule has 8 aromatic rings. The largest absolute Gasteiger partial charge is 0.478 e. The summed E-state index contributed by atoms with van der Waals surface area (Å²) in [6, 6.07) is 35.2. The smallest absolute Gasteiger partial charge is 0.338 e. The number of carboxylic acids is 1. The number of ether oxygens (including phenoxy) is 1. The van der Waals surface area contributed by atoms with Gasteiger partial charge in [-0.15, -0.1) is 0 Å². The number of methoxy groups -OCH3 is 1. The monoisotopic (exact) mass is 766 g/mol. The molecule has 0 saturated carbocycles. The molecule has 4 heterocycles. The van der Waals surface area contributed by atoms with E-state index in [9.17, 15) is 14.7 Å². The molecule has 0 atom stereocenters. The molecule has 8 nitrogen and oxygen atoms in total. The van der Waals surface area contributed by atoms with E-state index in [0.29, 0.717) is 28.5 Å². The maximum atomic E-state index is 12.1. The molecule has 0 spiro atoms. The van der Waals surface area contributed by atoms with Crippen molar-refractivity contribution < 1.29 is 19.4 Å². The fourth-order valence-corrected chi connectivity index (χ4v) is 7.06. The van der Waals surface area contributed by atoms with Gasteiger partial charge in [-0.25, -0.2) is 9.59 Å². The topological polar surface area (TPSA) is 99.2 Å². The number of hydrogen-bond acceptors (Lipinski definition) is 5. The van der Waals surface area contributed by atoms with Crippen LogP contribution in [0.5, 0.6) is 0 Å². The fourth-order valence-electron chi connectivity index (χ4n) is 6.72. The zero-order valence-electron chi connectivity index (χ0n) is 29.9. The Kier molecular flexibility index (Phi) is 11.4. The number of aromatic nitrogens is 4. The molecular weight excluding hydrogens is 731 g/mol. The minimum atomic E-state index is -0.962. The van der Waals surface area contributed by atoms with Gasteiger partial charge in [-0.05, 0) is 130 Å². The molecule has 0 amide bonds. The fraction of sp³-hybridized carbons (Fsp3) is 0.111. The third-order valence-corrected chi connectivity index (χ3v) is 9.86. The molecule has 0 radical (unpaired) electrons. The van der Waals surface area contributed by atoms with E-state index in [1.807, 2.05) is 36.7 Å². The quantitative estimate of drug-likeness (QED) is 0.139. The molecule has 10 heteroatoms. The van der Waals surface area contributed by atoms with Crippen molar-refractivity contribution >= 4 is 56.9 Å². The molecule has 0 aliphatic carbocycles. The molecule has 0 unspecified atom stereocenters. The number of hydrogen-bond donors (Lipinski definition) is 1. The van der Waals surface area contributed by atoms with Crippen molar-refractivity contribution in [1.29, 1.82) is 0 Å². The van der Waals surface area contributed by atoms with Crippen LogP contribution in [-0.4, -0.2) is 43.3 Å². The number of fused-ring (bicyclic) bond motifs is 2. The average molecular weight is 768 g/mol. The van der Waals surface area contributed by atoms with Crippen molar-refractivity contribution in [3.63, 3.8) is 0 Å². The van der Waals surface area contributed by atoms with Crippen LogP contribution in [-0.2, 0) is 30.7 Å². The number of aromatic carboxylic acids is 1. The Labute approximate surface area is 328 Å². The van der Waals surface area contributed by atoms with Gasteiger partial charge in [0, 0.05) is 71.3 Å². The van der Waals surface area contributed by atoms with Crippen LogP contribution in [0.2, 0.25) is 10.0 Å². The van der Waals surface area contributed by atoms with E-state index in [1.54, 1.807) is 36.7 Å². The van der Waals surface area contributed by atoms with Crippen molar-refractivity contribution in [2.45, 2.75) is 25.9 Å². The Morgan fingerprint density at radius 3 is 1.56 bits per heavy atom. The van der Waals surface area contributed by atoms with E-state index in [1.165, 1.54) is 13.2 Å². The van der Waals surface area contributed by atoms with Crippen LogP contribution in [0, 0.1) is 0 Å². The summed E-state index contributed by atoms with van der Waals surface area (Å²) in [5, 5.41) is 12.7. The Balaban J connectivity index is 0.000000169. The Morgan fingerprint density at radius 1 is 0.618 bits per heavy atom. The predicted octanol–water partition coefficient (Wildman–Crippen LogP) is 10.1. The molecule has 8 rings (SSSR count). The SMILES string of the molecule is COC(=O)c1cc(Cl)ccc1Cc1ccc2c(ccn2Cc2cccnc2)c1.O=C(O)c1cc(Cl)ccc1Cc1ccc2c(ccn2Cc2cccnc2)c1. The summed E-state index contributed by atoms with van der Waals surface area (Å²) in [4.78, 5) is 31.9. The lowest BCUT2D eigenvalue weighted by atomic mass is 9.99. The van der Waals surface area contributed by atoms with Crippen LogP contribution in [0.4, 0.5) is 0 Å². The van der Waals surface area contributed by atoms with Gasteiger partial charge in [0.2, 0.25) is 0 Å². The molecule has 4 aromatic heterocycles. The maximum Gasteiger partial charge on any atom is 0.338 e. The van der Waals surface area contributed by atoms with Gasteiger partial charge in [0.1, 0.15) is 0 Å². The average Bonchev–Trinajstić information content (AvgIpc) is 3.79. The molecule has 0 fully saturated rings.